The molecule has 0 aromatic heterocycles. The van der Waals surface area contributed by atoms with E-state index in [-0.39, 0.29) is 6.03 Å². The van der Waals surface area contributed by atoms with Gasteiger partial charge < -0.3 is 16.4 Å². The van der Waals surface area contributed by atoms with E-state index in [1.165, 1.54) is 0 Å². The largest absolute Gasteiger partial charge is 0.399 e. The summed E-state index contributed by atoms with van der Waals surface area (Å²) >= 11 is 0. The van der Waals surface area contributed by atoms with Crippen molar-refractivity contribution in [1.29, 1.82) is 0 Å². The summed E-state index contributed by atoms with van der Waals surface area (Å²) in [5.41, 5.74) is 9.89. The molecule has 2 aromatic rings. The Morgan fingerprint density at radius 1 is 1.00 bits per heavy atom. The summed E-state index contributed by atoms with van der Waals surface area (Å²) < 4.78 is 0. The predicted molar refractivity (Wildman–Crippen MR) is 79.4 cm³/mol. The van der Waals surface area contributed by atoms with E-state index in [2.05, 4.69) is 10.6 Å². The number of nitrogens with two attached hydrogens (primary N) is 1. The fraction of sp³-hybridized carbons (Fsp3) is 0.133. The third-order valence-corrected chi connectivity index (χ3v) is 2.83. The number of para-hydroxylation sites is 1. The van der Waals surface area contributed by atoms with Crippen LogP contribution in [0.15, 0.2) is 42.5 Å². The fourth-order valence-electron chi connectivity index (χ4n) is 1.99. The van der Waals surface area contributed by atoms with Gasteiger partial charge in [0, 0.05) is 17.1 Å². The Kier molecular flexibility index (Phi) is 3.71. The number of carbonyl (C=O) groups excluding carboxylic acids is 1. The second-order valence-corrected chi connectivity index (χ2v) is 4.47. The molecule has 19 heavy (non-hydrogen) atoms. The van der Waals surface area contributed by atoms with E-state index in [9.17, 15) is 4.79 Å². The summed E-state index contributed by atoms with van der Waals surface area (Å²) in [7, 11) is 0. The summed E-state index contributed by atoms with van der Waals surface area (Å²) in [5.74, 6) is 0. The summed E-state index contributed by atoms with van der Waals surface area (Å²) in [4.78, 5) is 11.9. The summed E-state index contributed by atoms with van der Waals surface area (Å²) in [6.45, 7) is 3.84. The molecule has 0 atom stereocenters. The molecule has 0 saturated carbocycles. The van der Waals surface area contributed by atoms with Gasteiger partial charge >= 0.3 is 6.03 Å². The highest BCUT2D eigenvalue weighted by Crippen LogP contribution is 2.23. The zero-order valence-electron chi connectivity index (χ0n) is 11.0. The first kappa shape index (κ1) is 13.0. The third-order valence-electron chi connectivity index (χ3n) is 2.83. The van der Waals surface area contributed by atoms with Crippen molar-refractivity contribution >= 4 is 23.1 Å². The van der Waals surface area contributed by atoms with Gasteiger partial charge in [-0.05, 0) is 49.2 Å². The van der Waals surface area contributed by atoms with Gasteiger partial charge in [0.05, 0.1) is 0 Å². The van der Waals surface area contributed by atoms with Crippen molar-refractivity contribution in [3.63, 3.8) is 0 Å². The van der Waals surface area contributed by atoms with Crippen molar-refractivity contribution in [3.8, 4) is 0 Å². The Balaban J connectivity index is 2.12. The summed E-state index contributed by atoms with van der Waals surface area (Å²) in [6, 6.07) is 12.7. The van der Waals surface area contributed by atoms with Gasteiger partial charge in [0.2, 0.25) is 0 Å². The lowest BCUT2D eigenvalue weighted by molar-refractivity contribution is 0.262. The molecule has 0 spiro atoms. The quantitative estimate of drug-likeness (QED) is 0.719. The van der Waals surface area contributed by atoms with Gasteiger partial charge in [0.25, 0.3) is 0 Å². The number of nitrogen functional groups attached to an aromatic ring is 1. The molecular weight excluding hydrogens is 238 g/mol. The molecule has 0 heterocycles. The Labute approximate surface area is 112 Å². The third kappa shape index (κ3) is 3.25. The van der Waals surface area contributed by atoms with Crippen LogP contribution < -0.4 is 16.4 Å². The molecule has 4 heteroatoms. The lowest BCUT2D eigenvalue weighted by Crippen LogP contribution is -2.20. The monoisotopic (exact) mass is 255 g/mol. The van der Waals surface area contributed by atoms with Gasteiger partial charge in [0.15, 0.2) is 0 Å². The van der Waals surface area contributed by atoms with Crippen LogP contribution in [0.25, 0.3) is 0 Å². The van der Waals surface area contributed by atoms with E-state index < -0.39 is 0 Å². The molecule has 2 rings (SSSR count). The van der Waals surface area contributed by atoms with Crippen molar-refractivity contribution in [2.75, 3.05) is 16.4 Å². The minimum atomic E-state index is -0.262. The molecular formula is C15H17N3O. The lowest BCUT2D eigenvalue weighted by atomic mass is 10.1. The Hall–Kier alpha value is -2.49. The van der Waals surface area contributed by atoms with E-state index in [1.807, 2.05) is 56.3 Å². The maximum absolute atomic E-state index is 11.9. The number of carbonyl (C=O) groups is 1. The molecule has 2 amide bonds. The average molecular weight is 255 g/mol. The Morgan fingerprint density at radius 3 is 2.16 bits per heavy atom. The molecule has 98 valence electrons. The number of aryl methyl sites for hydroxylation is 2. The first-order chi connectivity index (χ1) is 9.06. The van der Waals surface area contributed by atoms with Gasteiger partial charge in [-0.2, -0.15) is 0 Å². The Bertz CT molecular complexity index is 571. The normalized spacial score (nSPS) is 10.0. The van der Waals surface area contributed by atoms with Gasteiger partial charge in [-0.25, -0.2) is 4.79 Å². The van der Waals surface area contributed by atoms with E-state index in [1.54, 1.807) is 0 Å². The number of hydrogen-bond acceptors (Lipinski definition) is 2. The molecule has 0 aliphatic heterocycles. The zero-order chi connectivity index (χ0) is 13.8. The maximum atomic E-state index is 11.9. The van der Waals surface area contributed by atoms with Crippen LogP contribution >= 0.6 is 0 Å². The number of amides is 2. The maximum Gasteiger partial charge on any atom is 0.323 e. The van der Waals surface area contributed by atoms with Crippen LogP contribution in [0.4, 0.5) is 21.9 Å². The van der Waals surface area contributed by atoms with Crippen LogP contribution in [0.3, 0.4) is 0 Å². The van der Waals surface area contributed by atoms with E-state index in [0.29, 0.717) is 5.69 Å². The van der Waals surface area contributed by atoms with Crippen molar-refractivity contribution in [2.45, 2.75) is 13.8 Å². The first-order valence-electron chi connectivity index (χ1n) is 6.06. The van der Waals surface area contributed by atoms with Crippen LogP contribution in [-0.2, 0) is 0 Å². The van der Waals surface area contributed by atoms with Crippen molar-refractivity contribution < 1.29 is 4.79 Å². The van der Waals surface area contributed by atoms with Gasteiger partial charge in [-0.15, -0.1) is 0 Å². The molecule has 0 saturated heterocycles. The van der Waals surface area contributed by atoms with Crippen LogP contribution in [0, 0.1) is 13.8 Å². The minimum absolute atomic E-state index is 0.262. The van der Waals surface area contributed by atoms with Crippen LogP contribution in [0.1, 0.15) is 11.1 Å². The van der Waals surface area contributed by atoms with Gasteiger partial charge in [-0.1, -0.05) is 18.2 Å². The molecule has 0 fully saturated rings. The predicted octanol–water partition coefficient (Wildman–Crippen LogP) is 3.53. The van der Waals surface area contributed by atoms with Crippen LogP contribution in [0.2, 0.25) is 0 Å². The van der Waals surface area contributed by atoms with Gasteiger partial charge in [0.1, 0.15) is 0 Å². The highest BCUT2D eigenvalue weighted by Gasteiger charge is 2.08. The second kappa shape index (κ2) is 5.44. The molecule has 0 bridgehead atoms. The van der Waals surface area contributed by atoms with E-state index in [4.69, 9.17) is 5.73 Å². The van der Waals surface area contributed by atoms with Crippen molar-refractivity contribution in [3.05, 3.63) is 53.6 Å². The molecule has 4 N–H and O–H groups in total. The van der Waals surface area contributed by atoms with Crippen molar-refractivity contribution in [1.82, 2.24) is 0 Å². The lowest BCUT2D eigenvalue weighted by Gasteiger charge is -2.13. The second-order valence-electron chi connectivity index (χ2n) is 4.47. The number of benzene rings is 2. The fourth-order valence-corrected chi connectivity index (χ4v) is 1.99. The summed E-state index contributed by atoms with van der Waals surface area (Å²) in [5, 5.41) is 5.63. The molecule has 0 aliphatic rings. The van der Waals surface area contributed by atoms with Crippen LogP contribution in [0.5, 0.6) is 0 Å². The number of rotatable bonds is 2. The number of nitrogens with one attached hydrogen (secondary N) is 2. The molecule has 4 nitrogen and oxygen atoms in total. The van der Waals surface area contributed by atoms with Crippen molar-refractivity contribution in [2.24, 2.45) is 0 Å². The standard InChI is InChI=1S/C15H17N3O/c1-10-8-12(16)9-11(2)14(10)18-15(19)17-13-6-4-3-5-7-13/h3-9H,16H2,1-2H3,(H2,17,18,19). The molecule has 0 unspecified atom stereocenters. The smallest absolute Gasteiger partial charge is 0.323 e. The van der Waals surface area contributed by atoms with E-state index in [0.717, 1.165) is 22.5 Å². The Morgan fingerprint density at radius 2 is 1.58 bits per heavy atom. The highest BCUT2D eigenvalue weighted by molar-refractivity contribution is 6.00. The minimum Gasteiger partial charge on any atom is -0.399 e. The summed E-state index contributed by atoms with van der Waals surface area (Å²) in [6.07, 6.45) is 0. The number of anilines is 3. The zero-order valence-corrected chi connectivity index (χ0v) is 11.0. The average Bonchev–Trinajstić information content (AvgIpc) is 2.35. The molecule has 0 aliphatic carbocycles. The highest BCUT2D eigenvalue weighted by atomic mass is 16.2. The topological polar surface area (TPSA) is 67.1 Å². The molecule has 0 radical (unpaired) electrons. The van der Waals surface area contributed by atoms with Gasteiger partial charge in [-0.3, -0.25) is 0 Å². The number of urea groups is 1. The number of hydrogen-bond donors (Lipinski definition) is 3. The molecule has 2 aromatic carbocycles. The SMILES string of the molecule is Cc1cc(N)cc(C)c1NC(=O)Nc1ccccc1. The van der Waals surface area contributed by atoms with E-state index >= 15 is 0 Å². The first-order valence-corrected chi connectivity index (χ1v) is 6.06. The van der Waals surface area contributed by atoms with Crippen LogP contribution in [-0.4, -0.2) is 6.03 Å².